The molecule has 2 amide bonds. The van der Waals surface area contributed by atoms with Crippen molar-refractivity contribution in [3.63, 3.8) is 0 Å². The number of rotatable bonds is 8. The number of amides is 2. The van der Waals surface area contributed by atoms with Gasteiger partial charge in [-0.05, 0) is 85.8 Å². The number of piperazine rings is 1. The van der Waals surface area contributed by atoms with Crippen LogP contribution in [0.1, 0.15) is 17.0 Å². The molecule has 0 aliphatic carbocycles. The number of nitrogens with zero attached hydrogens (tertiary/aromatic N) is 5. The number of urea groups is 1. The van der Waals surface area contributed by atoms with Gasteiger partial charge in [0.1, 0.15) is 11.6 Å². The van der Waals surface area contributed by atoms with Crippen LogP contribution >= 0.6 is 0 Å². The van der Waals surface area contributed by atoms with Gasteiger partial charge in [-0.1, -0.05) is 30.3 Å². The Morgan fingerprint density at radius 3 is 2.36 bits per heavy atom. The second-order valence-corrected chi connectivity index (χ2v) is 10.9. The molecule has 0 saturated carbocycles. The molecule has 0 bridgehead atoms. The maximum atomic E-state index is 12.4. The third kappa shape index (κ3) is 7.19. The monoisotopic (exact) mass is 585 g/mol. The molecule has 1 aliphatic rings. The highest BCUT2D eigenvalue weighted by Gasteiger charge is 2.15. The summed E-state index contributed by atoms with van der Waals surface area (Å²) in [5, 5.41) is 5.68. The average Bonchev–Trinajstić information content (AvgIpc) is 3.04. The topological polar surface area (TPSA) is 95.5 Å². The Hall–Kier alpha value is -5.28. The van der Waals surface area contributed by atoms with Gasteiger partial charge in [-0.15, -0.1) is 0 Å². The molecule has 3 heterocycles. The van der Waals surface area contributed by atoms with Gasteiger partial charge >= 0.3 is 6.03 Å². The largest absolute Gasteiger partial charge is 0.438 e. The van der Waals surface area contributed by atoms with E-state index in [1.165, 1.54) is 5.69 Å². The van der Waals surface area contributed by atoms with Crippen molar-refractivity contribution in [2.24, 2.45) is 0 Å². The van der Waals surface area contributed by atoms with Crippen LogP contribution in [0.4, 0.5) is 21.9 Å². The molecule has 9 nitrogen and oxygen atoms in total. The van der Waals surface area contributed by atoms with Crippen LogP contribution in [-0.4, -0.2) is 59.1 Å². The summed E-state index contributed by atoms with van der Waals surface area (Å²) in [6, 6.07) is 28.9. The molecule has 9 heteroatoms. The Labute approximate surface area is 257 Å². The molecular weight excluding hydrogens is 550 g/mol. The van der Waals surface area contributed by atoms with Gasteiger partial charge in [-0.2, -0.15) is 0 Å². The van der Waals surface area contributed by atoms with Gasteiger partial charge in [-0.3, -0.25) is 0 Å². The van der Waals surface area contributed by atoms with Crippen molar-refractivity contribution in [2.75, 3.05) is 48.8 Å². The highest BCUT2D eigenvalue weighted by Crippen LogP contribution is 2.33. The summed E-state index contributed by atoms with van der Waals surface area (Å²) in [7, 11) is 2.17. The summed E-state index contributed by atoms with van der Waals surface area (Å²) in [6.45, 7) is 6.18. The van der Waals surface area contributed by atoms with E-state index in [9.17, 15) is 4.79 Å². The first kappa shape index (κ1) is 28.8. The number of likely N-dealkylation sites (N-methyl/N-ethyl adjacent to an activating group) is 1. The van der Waals surface area contributed by atoms with E-state index in [-0.39, 0.29) is 6.03 Å². The molecule has 0 atom stereocenters. The van der Waals surface area contributed by atoms with Crippen LogP contribution in [-0.2, 0) is 6.42 Å². The maximum Gasteiger partial charge on any atom is 0.323 e. The van der Waals surface area contributed by atoms with E-state index in [4.69, 9.17) is 9.72 Å². The Balaban J connectivity index is 1.13. The quantitative estimate of drug-likeness (QED) is 0.211. The molecule has 1 aliphatic heterocycles. The van der Waals surface area contributed by atoms with E-state index < -0.39 is 0 Å². The number of carbonyl (C=O) groups excluding carboxylic acids is 1. The van der Waals surface area contributed by atoms with Crippen LogP contribution in [0, 0.1) is 6.92 Å². The van der Waals surface area contributed by atoms with Gasteiger partial charge in [0.2, 0.25) is 5.88 Å². The van der Waals surface area contributed by atoms with E-state index in [0.29, 0.717) is 23.7 Å². The van der Waals surface area contributed by atoms with Gasteiger partial charge in [0.25, 0.3) is 0 Å². The predicted octanol–water partition coefficient (Wildman–Crippen LogP) is 6.63. The molecule has 44 heavy (non-hydrogen) atoms. The van der Waals surface area contributed by atoms with E-state index in [2.05, 4.69) is 61.7 Å². The number of ether oxygens (including phenoxy) is 1. The number of pyridine rings is 1. The summed E-state index contributed by atoms with van der Waals surface area (Å²) >= 11 is 0. The summed E-state index contributed by atoms with van der Waals surface area (Å²) < 4.78 is 6.28. The fraction of sp³-hybridized carbons (Fsp3) is 0.200. The molecule has 1 saturated heterocycles. The van der Waals surface area contributed by atoms with Crippen LogP contribution in [0.2, 0.25) is 0 Å². The van der Waals surface area contributed by atoms with Gasteiger partial charge in [-0.25, -0.2) is 19.7 Å². The van der Waals surface area contributed by atoms with Crippen molar-refractivity contribution in [2.45, 2.75) is 13.3 Å². The van der Waals surface area contributed by atoms with Gasteiger partial charge in [0.15, 0.2) is 0 Å². The molecule has 2 aromatic heterocycles. The fourth-order valence-corrected chi connectivity index (χ4v) is 5.13. The molecule has 1 fully saturated rings. The Morgan fingerprint density at radius 1 is 0.818 bits per heavy atom. The number of carbonyl (C=O) groups is 1. The molecule has 222 valence electrons. The molecule has 0 unspecified atom stereocenters. The highest BCUT2D eigenvalue weighted by atomic mass is 16.5. The van der Waals surface area contributed by atoms with Crippen LogP contribution in [0.3, 0.4) is 0 Å². The lowest BCUT2D eigenvalue weighted by Crippen LogP contribution is -2.44. The Bertz CT molecular complexity index is 1720. The highest BCUT2D eigenvalue weighted by molar-refractivity contribution is 5.99. The molecule has 3 aromatic carbocycles. The molecular formula is C35H35N7O2. The number of nitrogens with one attached hydrogen (secondary N) is 2. The van der Waals surface area contributed by atoms with E-state index in [0.717, 1.165) is 60.1 Å². The van der Waals surface area contributed by atoms with Crippen LogP contribution in [0.15, 0.2) is 103 Å². The summed E-state index contributed by atoms with van der Waals surface area (Å²) in [5.74, 6) is 1.80. The van der Waals surface area contributed by atoms with Gasteiger partial charge in [0, 0.05) is 62.1 Å². The lowest BCUT2D eigenvalue weighted by atomic mass is 10.1. The predicted molar refractivity (Wildman–Crippen MR) is 175 cm³/mol. The van der Waals surface area contributed by atoms with Crippen molar-refractivity contribution in [3.8, 4) is 22.9 Å². The molecule has 5 aromatic rings. The Morgan fingerprint density at radius 2 is 1.59 bits per heavy atom. The third-order valence-corrected chi connectivity index (χ3v) is 7.59. The molecule has 0 spiro atoms. The number of benzene rings is 3. The van der Waals surface area contributed by atoms with E-state index in [1.807, 2.05) is 67.6 Å². The third-order valence-electron chi connectivity index (χ3n) is 7.59. The first-order valence-corrected chi connectivity index (χ1v) is 14.7. The number of aromatic nitrogens is 3. The second kappa shape index (κ2) is 13.4. The molecule has 6 rings (SSSR count). The number of hydrogen-bond donors (Lipinski definition) is 2. The lowest BCUT2D eigenvalue weighted by Gasteiger charge is -2.34. The van der Waals surface area contributed by atoms with Crippen LogP contribution < -0.4 is 20.3 Å². The zero-order valence-electron chi connectivity index (χ0n) is 24.9. The minimum Gasteiger partial charge on any atom is -0.438 e. The standard InChI is InChI=1S/C35H35N7O2/c1-25-23-28(39-35(43)38-27-7-4-3-5-8-27)12-15-32(25)44-34-30(9-6-17-37-34)31-16-18-36-33(40-31)24-26-10-13-29(14-11-26)42-21-19-41(2)20-22-42/h3-18,23H,19-22,24H2,1-2H3,(H2,38,39,43). The normalized spacial score (nSPS) is 13.4. The second-order valence-electron chi connectivity index (χ2n) is 10.9. The lowest BCUT2D eigenvalue weighted by molar-refractivity contribution is 0.262. The number of anilines is 3. The fourth-order valence-electron chi connectivity index (χ4n) is 5.13. The summed E-state index contributed by atoms with van der Waals surface area (Å²) in [4.78, 5) is 31.1. The van der Waals surface area contributed by atoms with Crippen molar-refractivity contribution in [1.29, 1.82) is 0 Å². The summed E-state index contributed by atoms with van der Waals surface area (Å²) in [6.07, 6.45) is 4.10. The number of aryl methyl sites for hydroxylation is 1. The zero-order chi connectivity index (χ0) is 30.3. The van der Waals surface area contributed by atoms with Crippen molar-refractivity contribution < 1.29 is 9.53 Å². The van der Waals surface area contributed by atoms with Crippen LogP contribution in [0.25, 0.3) is 11.3 Å². The van der Waals surface area contributed by atoms with Gasteiger partial charge < -0.3 is 25.2 Å². The molecule has 2 N–H and O–H groups in total. The average molecular weight is 586 g/mol. The zero-order valence-corrected chi connectivity index (χ0v) is 24.9. The van der Waals surface area contributed by atoms with E-state index >= 15 is 0 Å². The van der Waals surface area contributed by atoms with Crippen molar-refractivity contribution in [1.82, 2.24) is 19.9 Å². The van der Waals surface area contributed by atoms with E-state index in [1.54, 1.807) is 18.5 Å². The summed E-state index contributed by atoms with van der Waals surface area (Å²) in [5.41, 5.74) is 6.14. The van der Waals surface area contributed by atoms with Crippen molar-refractivity contribution in [3.05, 3.63) is 120 Å². The van der Waals surface area contributed by atoms with Gasteiger partial charge in [0.05, 0.1) is 11.3 Å². The SMILES string of the molecule is Cc1cc(NC(=O)Nc2ccccc2)ccc1Oc1ncccc1-c1ccnc(Cc2ccc(N3CCN(C)CC3)cc2)n1. The molecule has 0 radical (unpaired) electrons. The number of para-hydroxylation sites is 1. The maximum absolute atomic E-state index is 12.4. The van der Waals surface area contributed by atoms with Crippen molar-refractivity contribution >= 4 is 23.1 Å². The smallest absolute Gasteiger partial charge is 0.323 e. The minimum absolute atomic E-state index is 0.318. The minimum atomic E-state index is -0.318. The first-order chi connectivity index (χ1) is 21.5. The number of hydrogen-bond acceptors (Lipinski definition) is 7. The first-order valence-electron chi connectivity index (χ1n) is 14.7. The van der Waals surface area contributed by atoms with Crippen LogP contribution in [0.5, 0.6) is 11.6 Å². The Kier molecular flexibility index (Phi) is 8.75.